The van der Waals surface area contributed by atoms with Crippen LogP contribution in [0.3, 0.4) is 0 Å². The Morgan fingerprint density at radius 3 is 1.95 bits per heavy atom. The molecule has 3 nitrogen and oxygen atoms in total. The zero-order chi connectivity index (χ0) is 14.8. The molecule has 0 saturated carbocycles. The van der Waals surface area contributed by atoms with Crippen molar-refractivity contribution in [3.63, 3.8) is 0 Å². The number of nitrogens with zero attached hydrogens (tertiary/aromatic N) is 1. The van der Waals surface area contributed by atoms with Crippen molar-refractivity contribution in [1.29, 1.82) is 0 Å². The minimum Gasteiger partial charge on any atom is -0.269 e. The van der Waals surface area contributed by atoms with Crippen LogP contribution in [0.2, 0.25) is 0 Å². The van der Waals surface area contributed by atoms with Gasteiger partial charge in [0, 0.05) is 7.05 Å². The minimum absolute atomic E-state index is 0.301. The van der Waals surface area contributed by atoms with Crippen LogP contribution >= 0.6 is 0 Å². The van der Waals surface area contributed by atoms with E-state index in [0.717, 1.165) is 0 Å². The van der Waals surface area contributed by atoms with Gasteiger partial charge >= 0.3 is 0 Å². The van der Waals surface area contributed by atoms with Crippen LogP contribution in [0.25, 0.3) is 0 Å². The van der Waals surface area contributed by atoms with Crippen LogP contribution < -0.4 is 4.31 Å². The van der Waals surface area contributed by atoms with Gasteiger partial charge in [-0.05, 0) is 35.7 Å². The van der Waals surface area contributed by atoms with E-state index in [1.54, 1.807) is 37.4 Å². The Morgan fingerprint density at radius 2 is 1.45 bits per heavy atom. The van der Waals surface area contributed by atoms with E-state index in [2.05, 4.69) is 13.8 Å². The fourth-order valence-electron chi connectivity index (χ4n) is 1.96. The average molecular weight is 289 g/mol. The Morgan fingerprint density at radius 1 is 0.900 bits per heavy atom. The first-order valence-electron chi connectivity index (χ1n) is 6.57. The van der Waals surface area contributed by atoms with E-state index in [0.29, 0.717) is 16.5 Å². The van der Waals surface area contributed by atoms with Crippen molar-refractivity contribution >= 4 is 15.7 Å². The predicted octanol–water partition coefficient (Wildman–Crippen LogP) is 3.64. The summed E-state index contributed by atoms with van der Waals surface area (Å²) in [7, 11) is -1.92. The Labute approximate surface area is 120 Å². The maximum Gasteiger partial charge on any atom is 0.264 e. The molecule has 0 N–H and O–H groups in total. The SMILES string of the molecule is CC(C)c1ccc(N(C)S(=O)(=O)c2ccccc2)cc1. The first-order valence-corrected chi connectivity index (χ1v) is 8.01. The lowest BCUT2D eigenvalue weighted by atomic mass is 10.0. The van der Waals surface area contributed by atoms with Gasteiger partial charge in [-0.1, -0.05) is 44.2 Å². The Hall–Kier alpha value is -1.81. The van der Waals surface area contributed by atoms with Gasteiger partial charge in [0.15, 0.2) is 0 Å². The van der Waals surface area contributed by atoms with Crippen LogP contribution in [0.15, 0.2) is 59.5 Å². The molecule has 0 saturated heterocycles. The second-order valence-electron chi connectivity index (χ2n) is 5.03. The monoisotopic (exact) mass is 289 g/mol. The van der Waals surface area contributed by atoms with Crippen LogP contribution in [0.5, 0.6) is 0 Å². The average Bonchev–Trinajstić information content (AvgIpc) is 2.47. The molecule has 0 amide bonds. The summed E-state index contributed by atoms with van der Waals surface area (Å²) < 4.78 is 26.3. The topological polar surface area (TPSA) is 37.4 Å². The van der Waals surface area contributed by atoms with E-state index in [4.69, 9.17) is 0 Å². The molecular weight excluding hydrogens is 270 g/mol. The largest absolute Gasteiger partial charge is 0.269 e. The molecule has 0 aliphatic rings. The standard InChI is InChI=1S/C16H19NO2S/c1-13(2)14-9-11-15(12-10-14)17(3)20(18,19)16-7-5-4-6-8-16/h4-13H,1-3H3. The quantitative estimate of drug-likeness (QED) is 0.862. The van der Waals surface area contributed by atoms with Gasteiger partial charge in [0.1, 0.15) is 0 Å². The summed E-state index contributed by atoms with van der Waals surface area (Å²) in [4.78, 5) is 0.301. The normalized spacial score (nSPS) is 11.6. The highest BCUT2D eigenvalue weighted by Gasteiger charge is 2.20. The first-order chi connectivity index (χ1) is 9.43. The van der Waals surface area contributed by atoms with Crippen molar-refractivity contribution < 1.29 is 8.42 Å². The molecular formula is C16H19NO2S. The summed E-state index contributed by atoms with van der Waals surface area (Å²) in [5.41, 5.74) is 1.86. The van der Waals surface area contributed by atoms with Gasteiger partial charge in [-0.15, -0.1) is 0 Å². The van der Waals surface area contributed by atoms with Gasteiger partial charge in [-0.2, -0.15) is 0 Å². The number of rotatable bonds is 4. The molecule has 0 unspecified atom stereocenters. The minimum atomic E-state index is -3.49. The Balaban J connectivity index is 2.33. The zero-order valence-corrected chi connectivity index (χ0v) is 12.8. The van der Waals surface area contributed by atoms with Crippen LogP contribution in [0.4, 0.5) is 5.69 Å². The highest BCUT2D eigenvalue weighted by molar-refractivity contribution is 7.92. The molecule has 0 aromatic heterocycles. The summed E-state index contributed by atoms with van der Waals surface area (Å²) in [6.07, 6.45) is 0. The number of sulfonamides is 1. The lowest BCUT2D eigenvalue weighted by Gasteiger charge is -2.20. The molecule has 0 bridgehead atoms. The van der Waals surface area contributed by atoms with Gasteiger partial charge in [0.05, 0.1) is 10.6 Å². The van der Waals surface area contributed by atoms with Crippen LogP contribution in [-0.4, -0.2) is 15.5 Å². The van der Waals surface area contributed by atoms with Crippen LogP contribution in [0, 0.1) is 0 Å². The summed E-state index contributed by atoms with van der Waals surface area (Å²) in [6, 6.07) is 16.1. The summed E-state index contributed by atoms with van der Waals surface area (Å²) >= 11 is 0. The second-order valence-corrected chi connectivity index (χ2v) is 7.00. The van der Waals surface area contributed by atoms with Gasteiger partial charge < -0.3 is 0 Å². The molecule has 2 aromatic rings. The summed E-state index contributed by atoms with van der Waals surface area (Å²) in [5, 5.41) is 0. The molecule has 0 atom stereocenters. The highest BCUT2D eigenvalue weighted by atomic mass is 32.2. The highest BCUT2D eigenvalue weighted by Crippen LogP contribution is 2.24. The van der Waals surface area contributed by atoms with E-state index in [-0.39, 0.29) is 0 Å². The van der Waals surface area contributed by atoms with Crippen molar-refractivity contribution in [2.45, 2.75) is 24.7 Å². The lowest BCUT2D eigenvalue weighted by Crippen LogP contribution is -2.26. The van der Waals surface area contributed by atoms with E-state index < -0.39 is 10.0 Å². The smallest absolute Gasteiger partial charge is 0.264 e. The van der Waals surface area contributed by atoms with Crippen molar-refractivity contribution in [2.75, 3.05) is 11.4 Å². The van der Waals surface area contributed by atoms with E-state index >= 15 is 0 Å². The van der Waals surface area contributed by atoms with Gasteiger partial charge in [0.2, 0.25) is 0 Å². The third kappa shape index (κ3) is 2.85. The van der Waals surface area contributed by atoms with Gasteiger partial charge in [-0.25, -0.2) is 8.42 Å². The van der Waals surface area contributed by atoms with E-state index in [1.165, 1.54) is 9.87 Å². The van der Waals surface area contributed by atoms with Crippen LogP contribution in [-0.2, 0) is 10.0 Å². The number of benzene rings is 2. The maximum absolute atomic E-state index is 12.5. The number of anilines is 1. The molecule has 20 heavy (non-hydrogen) atoms. The molecule has 0 radical (unpaired) electrons. The van der Waals surface area contributed by atoms with Crippen molar-refractivity contribution in [2.24, 2.45) is 0 Å². The molecule has 106 valence electrons. The summed E-state index contributed by atoms with van der Waals surface area (Å²) in [6.45, 7) is 4.22. The molecule has 0 spiro atoms. The molecule has 0 aliphatic heterocycles. The first kappa shape index (κ1) is 14.6. The Bertz CT molecular complexity index is 661. The van der Waals surface area contributed by atoms with E-state index in [9.17, 15) is 8.42 Å². The predicted molar refractivity (Wildman–Crippen MR) is 82.6 cm³/mol. The molecule has 2 rings (SSSR count). The summed E-state index contributed by atoms with van der Waals surface area (Å²) in [5.74, 6) is 0.431. The fraction of sp³-hybridized carbons (Fsp3) is 0.250. The second kappa shape index (κ2) is 5.67. The molecule has 4 heteroatoms. The van der Waals surface area contributed by atoms with E-state index in [1.807, 2.05) is 24.3 Å². The third-order valence-corrected chi connectivity index (χ3v) is 5.12. The Kier molecular flexibility index (Phi) is 4.14. The number of hydrogen-bond donors (Lipinski definition) is 0. The van der Waals surface area contributed by atoms with Gasteiger partial charge in [-0.3, -0.25) is 4.31 Å². The van der Waals surface area contributed by atoms with Crippen LogP contribution in [0.1, 0.15) is 25.3 Å². The van der Waals surface area contributed by atoms with Gasteiger partial charge in [0.25, 0.3) is 10.0 Å². The zero-order valence-electron chi connectivity index (χ0n) is 11.9. The lowest BCUT2D eigenvalue weighted by molar-refractivity contribution is 0.594. The van der Waals surface area contributed by atoms with Crippen molar-refractivity contribution in [1.82, 2.24) is 0 Å². The maximum atomic E-state index is 12.5. The molecule has 0 fully saturated rings. The number of hydrogen-bond acceptors (Lipinski definition) is 2. The fourth-order valence-corrected chi connectivity index (χ4v) is 3.18. The molecule has 2 aromatic carbocycles. The third-order valence-electron chi connectivity index (χ3n) is 3.32. The van der Waals surface area contributed by atoms with Crippen molar-refractivity contribution in [3.8, 4) is 0 Å². The molecule has 0 heterocycles. The molecule has 0 aliphatic carbocycles. The van der Waals surface area contributed by atoms with Crippen molar-refractivity contribution in [3.05, 3.63) is 60.2 Å².